The van der Waals surface area contributed by atoms with E-state index in [4.69, 9.17) is 4.74 Å². The molecule has 0 radical (unpaired) electrons. The fourth-order valence-corrected chi connectivity index (χ4v) is 8.02. The molecule has 5 rings (SSSR count). The number of likely N-dealkylation sites (tertiary alicyclic amines) is 1. The summed E-state index contributed by atoms with van der Waals surface area (Å²) in [4.78, 5) is 5.43. The highest BCUT2D eigenvalue weighted by molar-refractivity contribution is 7.93. The first-order chi connectivity index (χ1) is 17.5. The number of halogens is 2. The van der Waals surface area contributed by atoms with Gasteiger partial charge in [-0.15, -0.1) is 11.3 Å². The van der Waals surface area contributed by atoms with Gasteiger partial charge in [-0.2, -0.15) is 0 Å². The summed E-state index contributed by atoms with van der Waals surface area (Å²) >= 11 is 1.07. The van der Waals surface area contributed by atoms with Crippen LogP contribution in [-0.2, 0) is 19.9 Å². The van der Waals surface area contributed by atoms with E-state index in [1.165, 1.54) is 36.7 Å². The molecule has 0 bridgehead atoms. The van der Waals surface area contributed by atoms with Gasteiger partial charge >= 0.3 is 0 Å². The molecule has 2 aliphatic rings. The lowest BCUT2D eigenvalue weighted by Crippen LogP contribution is -2.44. The summed E-state index contributed by atoms with van der Waals surface area (Å²) in [5, 5.41) is 1.16. The molecular weight excluding hydrogens is 544 g/mol. The number of thiazole rings is 1. The number of ether oxygens (including phenoxy) is 1. The van der Waals surface area contributed by atoms with Gasteiger partial charge in [-0.3, -0.25) is 9.62 Å². The monoisotopic (exact) mass is 569 g/mol. The Hall–Kier alpha value is -2.61. The van der Waals surface area contributed by atoms with E-state index >= 15 is 4.39 Å². The number of anilines is 1. The maximum absolute atomic E-state index is 15.3. The quantitative estimate of drug-likeness (QED) is 0.472. The third-order valence-electron chi connectivity index (χ3n) is 6.87. The summed E-state index contributed by atoms with van der Waals surface area (Å²) < 4.78 is 87.4. The van der Waals surface area contributed by atoms with Crippen molar-refractivity contribution in [2.24, 2.45) is 0 Å². The lowest BCUT2D eigenvalue weighted by molar-refractivity contribution is 0.0677. The van der Waals surface area contributed by atoms with E-state index in [0.717, 1.165) is 16.9 Å². The van der Waals surface area contributed by atoms with Crippen molar-refractivity contribution in [2.75, 3.05) is 24.1 Å². The number of hydrogen-bond donors (Lipinski definition) is 1. The third kappa shape index (κ3) is 5.35. The number of rotatable bonds is 6. The second kappa shape index (κ2) is 9.93. The zero-order chi connectivity index (χ0) is 26.4. The second-order valence-electron chi connectivity index (χ2n) is 9.20. The third-order valence-corrected chi connectivity index (χ3v) is 10.7. The smallest absolute Gasteiger partial charge is 0.266 e. The van der Waals surface area contributed by atoms with E-state index < -0.39 is 41.6 Å². The molecule has 3 atom stereocenters. The van der Waals surface area contributed by atoms with Crippen LogP contribution < -0.4 is 9.46 Å². The molecule has 1 saturated heterocycles. The van der Waals surface area contributed by atoms with E-state index in [1.54, 1.807) is 17.5 Å². The molecule has 0 spiro atoms. The molecule has 1 aromatic heterocycles. The lowest BCUT2D eigenvalue weighted by atomic mass is 9.89. The van der Waals surface area contributed by atoms with Crippen LogP contribution in [0.3, 0.4) is 0 Å². The van der Waals surface area contributed by atoms with Crippen molar-refractivity contribution in [3.05, 3.63) is 70.7 Å². The van der Waals surface area contributed by atoms with Crippen molar-refractivity contribution < 1.29 is 30.4 Å². The summed E-state index contributed by atoms with van der Waals surface area (Å²) in [6, 6.07) is 7.60. The van der Waals surface area contributed by atoms with Gasteiger partial charge in [0.2, 0.25) is 0 Å². The van der Waals surface area contributed by atoms with Crippen LogP contribution in [0.2, 0.25) is 0 Å². The van der Waals surface area contributed by atoms with Gasteiger partial charge < -0.3 is 4.74 Å². The van der Waals surface area contributed by atoms with Crippen LogP contribution >= 0.6 is 11.3 Å². The Bertz CT molecular complexity index is 1500. The molecule has 1 fully saturated rings. The maximum Gasteiger partial charge on any atom is 0.266 e. The predicted octanol–water partition coefficient (Wildman–Crippen LogP) is 4.30. The van der Waals surface area contributed by atoms with Crippen molar-refractivity contribution in [2.45, 2.75) is 41.5 Å². The number of sulfone groups is 1. The SMILES string of the molecule is CS(=O)(=O)C1CCN([C@@H]2CCOc3cc(S(=O)(=O)Nc4nccs4)c(F)cc32)[C@H](c2ccc(F)cc2)C1. The molecule has 198 valence electrons. The maximum atomic E-state index is 15.3. The number of sulfonamides is 1. The van der Waals surface area contributed by atoms with Crippen LogP contribution in [0.25, 0.3) is 0 Å². The van der Waals surface area contributed by atoms with Crippen LogP contribution in [-0.4, -0.2) is 51.4 Å². The number of nitrogens with one attached hydrogen (secondary N) is 1. The molecule has 3 heterocycles. The van der Waals surface area contributed by atoms with Gasteiger partial charge in [0.05, 0.1) is 11.9 Å². The largest absolute Gasteiger partial charge is 0.493 e. The highest BCUT2D eigenvalue weighted by atomic mass is 32.2. The van der Waals surface area contributed by atoms with Crippen LogP contribution in [0, 0.1) is 11.6 Å². The minimum Gasteiger partial charge on any atom is -0.493 e. The first-order valence-electron chi connectivity index (χ1n) is 11.6. The van der Waals surface area contributed by atoms with Gasteiger partial charge in [-0.1, -0.05) is 12.1 Å². The number of hydrogen-bond acceptors (Lipinski definition) is 8. The summed E-state index contributed by atoms with van der Waals surface area (Å²) in [6.07, 6.45) is 3.86. The Kier molecular flexibility index (Phi) is 6.98. The Balaban J connectivity index is 1.51. The fourth-order valence-electron chi connectivity index (χ4n) is 5.09. The molecule has 0 amide bonds. The Morgan fingerprint density at radius 2 is 1.84 bits per heavy atom. The van der Waals surface area contributed by atoms with E-state index in [9.17, 15) is 21.2 Å². The van der Waals surface area contributed by atoms with Gasteiger partial charge in [0.15, 0.2) is 5.13 Å². The van der Waals surface area contributed by atoms with E-state index in [-0.39, 0.29) is 29.6 Å². The molecule has 1 unspecified atom stereocenters. The summed E-state index contributed by atoms with van der Waals surface area (Å²) in [5.41, 5.74) is 1.25. The zero-order valence-electron chi connectivity index (χ0n) is 19.8. The van der Waals surface area contributed by atoms with Crippen molar-refractivity contribution in [1.82, 2.24) is 9.88 Å². The highest BCUT2D eigenvalue weighted by Crippen LogP contribution is 2.45. The number of fused-ring (bicyclic) bond motifs is 1. The number of benzene rings is 2. The Morgan fingerprint density at radius 1 is 1.08 bits per heavy atom. The number of piperidine rings is 1. The Morgan fingerprint density at radius 3 is 2.51 bits per heavy atom. The van der Waals surface area contributed by atoms with Gasteiger partial charge in [0.1, 0.15) is 32.1 Å². The van der Waals surface area contributed by atoms with Crippen molar-refractivity contribution in [3.63, 3.8) is 0 Å². The van der Waals surface area contributed by atoms with Crippen LogP contribution in [0.15, 0.2) is 52.9 Å². The molecule has 2 aliphatic heterocycles. The van der Waals surface area contributed by atoms with E-state index in [1.807, 2.05) is 0 Å². The predicted molar refractivity (Wildman–Crippen MR) is 136 cm³/mol. The van der Waals surface area contributed by atoms with Crippen LogP contribution in [0.1, 0.15) is 42.5 Å². The van der Waals surface area contributed by atoms with Gasteiger partial charge in [-0.05, 0) is 36.6 Å². The average molecular weight is 570 g/mol. The first-order valence-corrected chi connectivity index (χ1v) is 15.9. The zero-order valence-corrected chi connectivity index (χ0v) is 22.3. The fraction of sp³-hybridized carbons (Fsp3) is 0.375. The molecule has 2 aromatic carbocycles. The molecule has 1 N–H and O–H groups in total. The van der Waals surface area contributed by atoms with Gasteiger partial charge in [-0.25, -0.2) is 30.6 Å². The lowest BCUT2D eigenvalue weighted by Gasteiger charge is -2.45. The minimum atomic E-state index is -4.24. The summed E-state index contributed by atoms with van der Waals surface area (Å²) in [7, 11) is -7.55. The number of aromatic nitrogens is 1. The van der Waals surface area contributed by atoms with Crippen LogP contribution in [0.4, 0.5) is 13.9 Å². The topological polar surface area (TPSA) is 106 Å². The molecule has 37 heavy (non-hydrogen) atoms. The number of nitrogens with zero attached hydrogens (tertiary/aromatic N) is 2. The molecular formula is C24H25F2N3O5S3. The molecule has 8 nitrogen and oxygen atoms in total. The standard InChI is InChI=1S/C24H25F2N3O5S3/c1-36(30,31)17-6-9-29(21(12-17)15-2-4-16(25)5-3-15)20-7-10-34-22-14-23(19(26)13-18(20)22)37(32,33)28-24-27-8-11-35-24/h2-5,8,11,13-14,17,20-21H,6-7,9-10,12H2,1H3,(H,27,28)/t17?,20-,21+/m1/s1. The average Bonchev–Trinajstić information content (AvgIpc) is 3.35. The molecule has 13 heteroatoms. The normalized spacial score (nSPS) is 22.7. The summed E-state index contributed by atoms with van der Waals surface area (Å²) in [6.45, 7) is 0.683. The minimum absolute atomic E-state index is 0.117. The van der Waals surface area contributed by atoms with Crippen molar-refractivity contribution in [1.29, 1.82) is 0 Å². The molecule has 3 aromatic rings. The first kappa shape index (κ1) is 26.0. The summed E-state index contributed by atoms with van der Waals surface area (Å²) in [5.74, 6) is -1.08. The second-order valence-corrected chi connectivity index (χ2v) is 14.1. The van der Waals surface area contributed by atoms with Crippen molar-refractivity contribution in [3.8, 4) is 5.75 Å². The molecule has 0 saturated carbocycles. The van der Waals surface area contributed by atoms with E-state index in [0.29, 0.717) is 31.4 Å². The van der Waals surface area contributed by atoms with Crippen LogP contribution in [0.5, 0.6) is 5.75 Å². The highest BCUT2D eigenvalue weighted by Gasteiger charge is 2.40. The Labute approximate surface area is 218 Å². The molecule has 0 aliphatic carbocycles. The van der Waals surface area contributed by atoms with E-state index in [2.05, 4.69) is 14.6 Å². The van der Waals surface area contributed by atoms with Gasteiger partial charge in [0.25, 0.3) is 10.0 Å². The van der Waals surface area contributed by atoms with Crippen molar-refractivity contribution >= 4 is 36.3 Å². The van der Waals surface area contributed by atoms with Gasteiger partial charge in [0, 0.05) is 54.5 Å².